The number of ether oxygens (including phenoxy) is 1. The topological polar surface area (TPSA) is 38.5 Å². The summed E-state index contributed by atoms with van der Waals surface area (Å²) in [4.78, 5) is 0. The first-order valence-electron chi connectivity index (χ1n) is 2.54. The van der Waals surface area contributed by atoms with Crippen LogP contribution in [0.25, 0.3) is 0 Å². The summed E-state index contributed by atoms with van der Waals surface area (Å²) in [5.41, 5.74) is 5.38. The number of hydrogen-bond acceptors (Lipinski definition) is 2. The average Bonchev–Trinajstić information content (AvgIpc) is 2.13. The summed E-state index contributed by atoms with van der Waals surface area (Å²) in [6, 6.07) is 0. The Morgan fingerprint density at radius 3 is 2.14 bits per heavy atom. The van der Waals surface area contributed by atoms with Crippen LogP contribution in [0.15, 0.2) is 0 Å². The highest BCUT2D eigenvalue weighted by Crippen LogP contribution is 2.33. The normalized spacial score (nSPS) is 35.6. The van der Waals surface area contributed by atoms with Crippen LogP contribution in [0.3, 0.4) is 0 Å². The largest absolute Gasteiger partial charge is 0.365 e. The molecule has 1 unspecified atom stereocenters. The van der Waals surface area contributed by atoms with Gasteiger partial charge in [-0.25, -0.2) is 0 Å². The molecule has 1 fully saturated rings. The van der Waals surface area contributed by atoms with Crippen molar-refractivity contribution in [2.75, 3.05) is 6.54 Å². The van der Waals surface area contributed by atoms with Gasteiger partial charge in [0.15, 0.2) is 0 Å². The van der Waals surface area contributed by atoms with Gasteiger partial charge in [0.1, 0.15) is 0 Å². The maximum Gasteiger partial charge on any atom is 0.0989 e. The second kappa shape index (κ2) is 1.20. The van der Waals surface area contributed by atoms with Gasteiger partial charge in [0.05, 0.1) is 11.7 Å². The third-order valence-electron chi connectivity index (χ3n) is 1.38. The van der Waals surface area contributed by atoms with Crippen LogP contribution < -0.4 is 5.73 Å². The first-order valence-corrected chi connectivity index (χ1v) is 2.54. The van der Waals surface area contributed by atoms with E-state index in [9.17, 15) is 0 Å². The number of nitrogens with two attached hydrogens (primary N) is 1. The molecule has 1 heterocycles. The van der Waals surface area contributed by atoms with Crippen LogP contribution in [0.4, 0.5) is 0 Å². The van der Waals surface area contributed by atoms with E-state index in [4.69, 9.17) is 10.5 Å². The molecule has 0 aliphatic carbocycles. The van der Waals surface area contributed by atoms with Crippen LogP contribution in [0.2, 0.25) is 0 Å². The molecule has 1 aliphatic heterocycles. The highest BCUT2D eigenvalue weighted by Gasteiger charge is 2.46. The Morgan fingerprint density at radius 1 is 1.71 bits per heavy atom. The van der Waals surface area contributed by atoms with Gasteiger partial charge in [-0.1, -0.05) is 0 Å². The van der Waals surface area contributed by atoms with Crippen molar-refractivity contribution in [3.05, 3.63) is 0 Å². The minimum absolute atomic E-state index is 0.0920. The molecular formula is C5H11NO. The lowest BCUT2D eigenvalue weighted by Crippen LogP contribution is -2.13. The predicted molar refractivity (Wildman–Crippen MR) is 28.0 cm³/mol. The van der Waals surface area contributed by atoms with Gasteiger partial charge in [0.25, 0.3) is 0 Å². The SMILES string of the molecule is CC1(C)OC1CN. The van der Waals surface area contributed by atoms with Gasteiger partial charge in [-0.2, -0.15) is 0 Å². The van der Waals surface area contributed by atoms with Gasteiger partial charge >= 0.3 is 0 Å². The Hall–Kier alpha value is -0.0800. The van der Waals surface area contributed by atoms with E-state index >= 15 is 0 Å². The smallest absolute Gasteiger partial charge is 0.0989 e. The predicted octanol–water partition coefficient (Wildman–Crippen LogP) is 0.122. The molecular weight excluding hydrogens is 90.1 g/mol. The molecule has 2 heteroatoms. The van der Waals surface area contributed by atoms with Crippen molar-refractivity contribution in [1.82, 2.24) is 0 Å². The second-order valence-electron chi connectivity index (χ2n) is 2.45. The zero-order valence-electron chi connectivity index (χ0n) is 4.77. The number of hydrogen-bond donors (Lipinski definition) is 1. The molecule has 1 rings (SSSR count). The Labute approximate surface area is 43.6 Å². The molecule has 0 amide bonds. The summed E-state index contributed by atoms with van der Waals surface area (Å²) in [5.74, 6) is 0. The third-order valence-corrected chi connectivity index (χ3v) is 1.38. The molecule has 42 valence electrons. The van der Waals surface area contributed by atoms with Crippen molar-refractivity contribution in [2.45, 2.75) is 25.6 Å². The summed E-state index contributed by atoms with van der Waals surface area (Å²) >= 11 is 0. The van der Waals surface area contributed by atoms with Gasteiger partial charge < -0.3 is 10.5 Å². The monoisotopic (exact) mass is 101 g/mol. The van der Waals surface area contributed by atoms with Crippen molar-refractivity contribution < 1.29 is 4.74 Å². The van der Waals surface area contributed by atoms with E-state index < -0.39 is 0 Å². The first-order chi connectivity index (χ1) is 3.17. The van der Waals surface area contributed by atoms with Gasteiger partial charge in [-0.3, -0.25) is 0 Å². The average molecular weight is 101 g/mol. The van der Waals surface area contributed by atoms with Gasteiger partial charge in [0.2, 0.25) is 0 Å². The fraction of sp³-hybridized carbons (Fsp3) is 1.00. The lowest BCUT2D eigenvalue weighted by Gasteiger charge is -1.88. The van der Waals surface area contributed by atoms with Crippen molar-refractivity contribution in [1.29, 1.82) is 0 Å². The standard InChI is InChI=1S/C5H11NO/c1-5(2)4(3-6)7-5/h4H,3,6H2,1-2H3. The minimum atomic E-state index is 0.0920. The van der Waals surface area contributed by atoms with E-state index in [2.05, 4.69) is 0 Å². The maximum absolute atomic E-state index is 5.28. The molecule has 0 spiro atoms. The zero-order valence-corrected chi connectivity index (χ0v) is 4.77. The van der Waals surface area contributed by atoms with Crippen LogP contribution in [-0.4, -0.2) is 18.2 Å². The molecule has 1 saturated heterocycles. The molecule has 0 bridgehead atoms. The molecule has 2 N–H and O–H groups in total. The highest BCUT2D eigenvalue weighted by molar-refractivity contribution is 4.94. The Bertz CT molecular complexity index is 80.1. The first kappa shape index (κ1) is 5.06. The molecule has 1 atom stereocenters. The fourth-order valence-electron chi connectivity index (χ4n) is 0.665. The van der Waals surface area contributed by atoms with Gasteiger partial charge in [-0.05, 0) is 13.8 Å². The lowest BCUT2D eigenvalue weighted by atomic mass is 10.1. The molecule has 0 aromatic rings. The summed E-state index contributed by atoms with van der Waals surface area (Å²) in [6.07, 6.45) is 0.326. The van der Waals surface area contributed by atoms with Crippen molar-refractivity contribution in [2.24, 2.45) is 5.73 Å². The van der Waals surface area contributed by atoms with E-state index in [1.54, 1.807) is 0 Å². The van der Waals surface area contributed by atoms with Gasteiger partial charge in [0, 0.05) is 6.54 Å². The minimum Gasteiger partial charge on any atom is -0.365 e. The van der Waals surface area contributed by atoms with E-state index in [-0.39, 0.29) is 5.60 Å². The fourth-order valence-corrected chi connectivity index (χ4v) is 0.665. The molecule has 0 aromatic heterocycles. The van der Waals surface area contributed by atoms with E-state index in [1.807, 2.05) is 13.8 Å². The molecule has 2 nitrogen and oxygen atoms in total. The number of rotatable bonds is 1. The molecule has 7 heavy (non-hydrogen) atoms. The van der Waals surface area contributed by atoms with Gasteiger partial charge in [-0.15, -0.1) is 0 Å². The highest BCUT2D eigenvalue weighted by atomic mass is 16.6. The molecule has 0 radical (unpaired) electrons. The second-order valence-corrected chi connectivity index (χ2v) is 2.45. The van der Waals surface area contributed by atoms with Crippen LogP contribution in [-0.2, 0) is 4.74 Å². The zero-order chi connectivity index (χ0) is 5.49. The Balaban J connectivity index is 2.30. The number of epoxide rings is 1. The summed E-state index contributed by atoms with van der Waals surface area (Å²) < 4.78 is 5.13. The van der Waals surface area contributed by atoms with Crippen LogP contribution in [0.1, 0.15) is 13.8 Å². The van der Waals surface area contributed by atoms with Crippen LogP contribution in [0, 0.1) is 0 Å². The lowest BCUT2D eigenvalue weighted by molar-refractivity contribution is 0.325. The van der Waals surface area contributed by atoms with Crippen molar-refractivity contribution in [3.63, 3.8) is 0 Å². The molecule has 0 aromatic carbocycles. The summed E-state index contributed by atoms with van der Waals surface area (Å²) in [7, 11) is 0. The van der Waals surface area contributed by atoms with Crippen LogP contribution >= 0.6 is 0 Å². The van der Waals surface area contributed by atoms with Crippen molar-refractivity contribution in [3.8, 4) is 0 Å². The molecule has 1 aliphatic rings. The Kier molecular flexibility index (Phi) is 0.869. The van der Waals surface area contributed by atoms with Crippen molar-refractivity contribution >= 4 is 0 Å². The van der Waals surface area contributed by atoms with Crippen LogP contribution in [0.5, 0.6) is 0 Å². The van der Waals surface area contributed by atoms with E-state index in [0.29, 0.717) is 12.6 Å². The Morgan fingerprint density at radius 2 is 2.14 bits per heavy atom. The van der Waals surface area contributed by atoms with E-state index in [0.717, 1.165) is 0 Å². The van der Waals surface area contributed by atoms with E-state index in [1.165, 1.54) is 0 Å². The summed E-state index contributed by atoms with van der Waals surface area (Å²) in [6.45, 7) is 4.75. The maximum atomic E-state index is 5.28. The molecule has 0 saturated carbocycles. The third kappa shape index (κ3) is 0.763. The summed E-state index contributed by atoms with van der Waals surface area (Å²) in [5, 5.41) is 0. The quantitative estimate of drug-likeness (QED) is 0.476.